The smallest absolute Gasteiger partial charge is 0.227 e. The molecular formula is C13H21ClN2OS. The Morgan fingerprint density at radius 3 is 3.06 bits per heavy atom. The predicted octanol–water partition coefficient (Wildman–Crippen LogP) is 2.22. The number of carbonyl (C=O) groups is 1. The van der Waals surface area contributed by atoms with Crippen molar-refractivity contribution in [1.29, 1.82) is 0 Å². The SMILES string of the molecule is CC1(C(=O)NCCc2ccsc2)CCCNC1.Cl. The third-order valence-corrected chi connectivity index (χ3v) is 4.16. The van der Waals surface area contributed by atoms with Gasteiger partial charge in [0, 0.05) is 13.1 Å². The zero-order valence-corrected chi connectivity index (χ0v) is 12.3. The van der Waals surface area contributed by atoms with Gasteiger partial charge in [0.1, 0.15) is 0 Å². The second kappa shape index (κ2) is 7.12. The first-order valence-electron chi connectivity index (χ1n) is 6.21. The molecule has 1 aromatic rings. The predicted molar refractivity (Wildman–Crippen MR) is 78.5 cm³/mol. The van der Waals surface area contributed by atoms with Crippen molar-refractivity contribution in [2.24, 2.45) is 5.41 Å². The van der Waals surface area contributed by atoms with Crippen molar-refractivity contribution in [2.45, 2.75) is 26.2 Å². The van der Waals surface area contributed by atoms with Crippen LogP contribution in [0.3, 0.4) is 0 Å². The van der Waals surface area contributed by atoms with Gasteiger partial charge in [0.05, 0.1) is 5.41 Å². The van der Waals surface area contributed by atoms with Crippen LogP contribution in [0.5, 0.6) is 0 Å². The standard InChI is InChI=1S/C13H20N2OS.ClH/c1-13(5-2-6-14-10-13)12(16)15-7-3-11-4-8-17-9-11;/h4,8-9,14H,2-3,5-7,10H2,1H3,(H,15,16);1H. The van der Waals surface area contributed by atoms with Crippen LogP contribution in [-0.2, 0) is 11.2 Å². The first-order valence-corrected chi connectivity index (χ1v) is 7.15. The normalized spacial score (nSPS) is 23.2. The highest BCUT2D eigenvalue weighted by Crippen LogP contribution is 2.25. The molecule has 1 fully saturated rings. The van der Waals surface area contributed by atoms with Gasteiger partial charge >= 0.3 is 0 Å². The van der Waals surface area contributed by atoms with Crippen molar-refractivity contribution in [3.05, 3.63) is 22.4 Å². The van der Waals surface area contributed by atoms with Crippen molar-refractivity contribution >= 4 is 29.7 Å². The molecule has 18 heavy (non-hydrogen) atoms. The van der Waals surface area contributed by atoms with Crippen molar-refractivity contribution in [3.8, 4) is 0 Å². The summed E-state index contributed by atoms with van der Waals surface area (Å²) in [7, 11) is 0. The maximum absolute atomic E-state index is 12.1. The molecule has 1 aliphatic rings. The van der Waals surface area contributed by atoms with Crippen LogP contribution >= 0.6 is 23.7 Å². The quantitative estimate of drug-likeness (QED) is 0.892. The van der Waals surface area contributed by atoms with E-state index in [1.807, 2.05) is 0 Å². The fourth-order valence-corrected chi connectivity index (χ4v) is 2.92. The summed E-state index contributed by atoms with van der Waals surface area (Å²) in [6.07, 6.45) is 3.01. The van der Waals surface area contributed by atoms with E-state index in [1.165, 1.54) is 5.56 Å². The van der Waals surface area contributed by atoms with E-state index in [4.69, 9.17) is 0 Å². The molecule has 0 aliphatic carbocycles. The number of nitrogens with one attached hydrogen (secondary N) is 2. The van der Waals surface area contributed by atoms with Gasteiger partial charge in [-0.15, -0.1) is 12.4 Å². The van der Waals surface area contributed by atoms with Crippen LogP contribution in [0.2, 0.25) is 0 Å². The fraction of sp³-hybridized carbons (Fsp3) is 0.615. The summed E-state index contributed by atoms with van der Waals surface area (Å²) in [4.78, 5) is 12.1. The molecule has 1 atom stereocenters. The minimum atomic E-state index is -0.215. The number of rotatable bonds is 4. The van der Waals surface area contributed by atoms with Gasteiger partial charge in [-0.05, 0) is 55.1 Å². The zero-order valence-electron chi connectivity index (χ0n) is 10.7. The number of piperidine rings is 1. The summed E-state index contributed by atoms with van der Waals surface area (Å²) >= 11 is 1.70. The number of halogens is 1. The Labute approximate surface area is 119 Å². The lowest BCUT2D eigenvalue weighted by molar-refractivity contribution is -0.131. The molecule has 1 aliphatic heterocycles. The van der Waals surface area contributed by atoms with Gasteiger partial charge in [-0.3, -0.25) is 4.79 Å². The summed E-state index contributed by atoms with van der Waals surface area (Å²) in [5, 5.41) is 10.6. The Kier molecular flexibility index (Phi) is 6.12. The molecule has 1 aromatic heterocycles. The fourth-order valence-electron chi connectivity index (χ4n) is 2.22. The summed E-state index contributed by atoms with van der Waals surface area (Å²) in [6.45, 7) is 4.64. The highest BCUT2D eigenvalue weighted by atomic mass is 35.5. The summed E-state index contributed by atoms with van der Waals surface area (Å²) in [5.41, 5.74) is 1.09. The van der Waals surface area contributed by atoms with E-state index >= 15 is 0 Å². The molecule has 102 valence electrons. The molecule has 2 heterocycles. The lowest BCUT2D eigenvalue weighted by atomic mass is 9.82. The van der Waals surface area contributed by atoms with Crippen LogP contribution < -0.4 is 10.6 Å². The molecular weight excluding hydrogens is 268 g/mol. The van der Waals surface area contributed by atoms with Crippen molar-refractivity contribution < 1.29 is 4.79 Å². The maximum atomic E-state index is 12.1. The molecule has 1 saturated heterocycles. The van der Waals surface area contributed by atoms with E-state index in [0.29, 0.717) is 0 Å². The minimum absolute atomic E-state index is 0. The molecule has 0 spiro atoms. The van der Waals surface area contributed by atoms with Gasteiger partial charge in [-0.1, -0.05) is 0 Å². The van der Waals surface area contributed by atoms with Crippen LogP contribution in [0.4, 0.5) is 0 Å². The third kappa shape index (κ3) is 3.97. The number of hydrogen-bond donors (Lipinski definition) is 2. The van der Waals surface area contributed by atoms with Gasteiger partial charge in [0.15, 0.2) is 0 Å². The topological polar surface area (TPSA) is 41.1 Å². The largest absolute Gasteiger partial charge is 0.355 e. The molecule has 0 bridgehead atoms. The van der Waals surface area contributed by atoms with E-state index in [1.54, 1.807) is 11.3 Å². The van der Waals surface area contributed by atoms with Crippen LogP contribution in [0.15, 0.2) is 16.8 Å². The molecule has 0 aromatic carbocycles. The number of amides is 1. The first-order chi connectivity index (χ1) is 8.21. The highest BCUT2D eigenvalue weighted by Gasteiger charge is 2.34. The Morgan fingerprint density at radius 1 is 1.61 bits per heavy atom. The minimum Gasteiger partial charge on any atom is -0.355 e. The van der Waals surface area contributed by atoms with Gasteiger partial charge in [0.2, 0.25) is 5.91 Å². The summed E-state index contributed by atoms with van der Waals surface area (Å²) in [5.74, 6) is 0.194. The molecule has 1 amide bonds. The zero-order chi connectivity index (χ0) is 12.1. The van der Waals surface area contributed by atoms with Crippen molar-refractivity contribution in [3.63, 3.8) is 0 Å². The van der Waals surface area contributed by atoms with Crippen LogP contribution in [-0.4, -0.2) is 25.5 Å². The van der Waals surface area contributed by atoms with E-state index in [2.05, 4.69) is 34.4 Å². The molecule has 2 rings (SSSR count). The van der Waals surface area contributed by atoms with E-state index in [9.17, 15) is 4.79 Å². The lowest BCUT2D eigenvalue weighted by Gasteiger charge is -2.32. The average Bonchev–Trinajstić information content (AvgIpc) is 2.83. The van der Waals surface area contributed by atoms with Gasteiger partial charge in [0.25, 0.3) is 0 Å². The Hall–Kier alpha value is -0.580. The van der Waals surface area contributed by atoms with Crippen LogP contribution in [0.1, 0.15) is 25.3 Å². The first kappa shape index (κ1) is 15.5. The number of hydrogen-bond acceptors (Lipinski definition) is 3. The molecule has 0 saturated carbocycles. The van der Waals surface area contributed by atoms with E-state index < -0.39 is 0 Å². The molecule has 0 radical (unpaired) electrons. The van der Waals surface area contributed by atoms with Gasteiger partial charge in [-0.25, -0.2) is 0 Å². The summed E-state index contributed by atoms with van der Waals surface area (Å²) < 4.78 is 0. The van der Waals surface area contributed by atoms with Crippen molar-refractivity contribution in [1.82, 2.24) is 10.6 Å². The lowest BCUT2D eigenvalue weighted by Crippen LogP contribution is -2.49. The Bertz CT molecular complexity index is 361. The van der Waals surface area contributed by atoms with Gasteiger partial charge < -0.3 is 10.6 Å². The Morgan fingerprint density at radius 2 is 2.44 bits per heavy atom. The molecule has 5 heteroatoms. The van der Waals surface area contributed by atoms with E-state index in [-0.39, 0.29) is 23.7 Å². The number of thiophene rings is 1. The second-order valence-electron chi connectivity index (χ2n) is 4.98. The highest BCUT2D eigenvalue weighted by molar-refractivity contribution is 7.07. The second-order valence-corrected chi connectivity index (χ2v) is 5.76. The van der Waals surface area contributed by atoms with Crippen LogP contribution in [0, 0.1) is 5.41 Å². The summed E-state index contributed by atoms with van der Waals surface area (Å²) in [6, 6.07) is 2.11. The molecule has 1 unspecified atom stereocenters. The van der Waals surface area contributed by atoms with Crippen molar-refractivity contribution in [2.75, 3.05) is 19.6 Å². The van der Waals surface area contributed by atoms with Gasteiger partial charge in [-0.2, -0.15) is 11.3 Å². The monoisotopic (exact) mass is 288 g/mol. The Balaban J connectivity index is 0.00000162. The van der Waals surface area contributed by atoms with Crippen LogP contribution in [0.25, 0.3) is 0 Å². The van der Waals surface area contributed by atoms with E-state index in [0.717, 1.165) is 38.9 Å². The third-order valence-electron chi connectivity index (χ3n) is 3.42. The average molecular weight is 289 g/mol. The maximum Gasteiger partial charge on any atom is 0.227 e. The molecule has 3 nitrogen and oxygen atoms in total. The number of carbonyl (C=O) groups excluding carboxylic acids is 1. The molecule has 2 N–H and O–H groups in total.